The van der Waals surface area contributed by atoms with Crippen LogP contribution in [0.15, 0.2) is 18.2 Å². The first-order valence-electron chi connectivity index (χ1n) is 12.5. The first-order chi connectivity index (χ1) is 17.1. The van der Waals surface area contributed by atoms with E-state index in [1.807, 2.05) is 0 Å². The Hall–Kier alpha value is -2.73. The van der Waals surface area contributed by atoms with Crippen LogP contribution < -0.4 is 15.4 Å². The van der Waals surface area contributed by atoms with Gasteiger partial charge in [-0.15, -0.1) is 0 Å². The summed E-state index contributed by atoms with van der Waals surface area (Å²) in [7, 11) is -3.74. The van der Waals surface area contributed by atoms with Gasteiger partial charge in [-0.3, -0.25) is 19.2 Å². The third-order valence-corrected chi connectivity index (χ3v) is 10.3. The predicted molar refractivity (Wildman–Crippen MR) is 124 cm³/mol. The molecule has 1 unspecified atom stereocenters. The fourth-order valence-corrected chi connectivity index (χ4v) is 7.54. The number of carboxylic acid groups (broad SMARTS) is 1. The molecule has 2 heterocycles. The van der Waals surface area contributed by atoms with Crippen molar-refractivity contribution in [3.05, 3.63) is 35.1 Å². The molecular weight excluding hydrogens is 491 g/mol. The number of nitrogens with zero attached hydrogens (tertiary/aromatic N) is 1. The molecular formula is C24H29FN4O6S. The highest BCUT2D eigenvalue weighted by atomic mass is 32.2. The molecule has 10 nitrogen and oxygen atoms in total. The van der Waals surface area contributed by atoms with Gasteiger partial charge in [-0.1, -0.05) is 12.1 Å². The molecule has 5 aliphatic rings. The van der Waals surface area contributed by atoms with E-state index < -0.39 is 56.6 Å². The van der Waals surface area contributed by atoms with Gasteiger partial charge < -0.3 is 15.7 Å². The van der Waals surface area contributed by atoms with E-state index in [1.165, 1.54) is 11.0 Å². The maximum Gasteiger partial charge on any atom is 0.408 e. The Morgan fingerprint density at radius 1 is 1.14 bits per heavy atom. The van der Waals surface area contributed by atoms with E-state index in [4.69, 9.17) is 0 Å². The molecule has 3 aliphatic carbocycles. The van der Waals surface area contributed by atoms with Crippen molar-refractivity contribution < 1.29 is 32.3 Å². The van der Waals surface area contributed by atoms with Gasteiger partial charge in [-0.05, 0) is 67.9 Å². The Labute approximate surface area is 208 Å². The van der Waals surface area contributed by atoms with Crippen LogP contribution in [0.25, 0.3) is 0 Å². The van der Waals surface area contributed by atoms with Gasteiger partial charge >= 0.3 is 6.09 Å². The monoisotopic (exact) mass is 520 g/mol. The zero-order chi connectivity index (χ0) is 25.4. The predicted octanol–water partition coefficient (Wildman–Crippen LogP) is 1.23. The molecule has 6 rings (SSSR count). The number of carbonyl (C=O) groups excluding carboxylic acids is 2. The standard InChI is InChI=1S/C24H29FN4O6S/c25-17-3-1-2-13-11-29(23(32)33)20(19(13)17)14-8-18(26-10-14)21(30)27-24(9-16(24)12-4-5-12)22(31)28-36(34,35)15-6-7-15/h1-3,12,14-16,18,20,26H,4-11H2,(H,27,30)(H,28,31)(H,32,33)/t14-,16+,18+,20?,24-/m1/s1. The lowest BCUT2D eigenvalue weighted by molar-refractivity contribution is -0.130. The number of benzene rings is 1. The summed E-state index contributed by atoms with van der Waals surface area (Å²) in [6.45, 7) is 0.393. The van der Waals surface area contributed by atoms with Crippen LogP contribution in [0, 0.1) is 23.6 Å². The molecule has 2 aliphatic heterocycles. The van der Waals surface area contributed by atoms with Crippen LogP contribution in [-0.4, -0.2) is 59.7 Å². The molecule has 36 heavy (non-hydrogen) atoms. The van der Waals surface area contributed by atoms with Gasteiger partial charge in [0, 0.05) is 12.1 Å². The Balaban J connectivity index is 1.17. The van der Waals surface area contributed by atoms with Crippen molar-refractivity contribution in [2.24, 2.45) is 17.8 Å². The Morgan fingerprint density at radius 3 is 2.56 bits per heavy atom. The summed E-state index contributed by atoms with van der Waals surface area (Å²) < 4.78 is 41.7. The highest BCUT2D eigenvalue weighted by molar-refractivity contribution is 7.91. The fourth-order valence-electron chi connectivity index (χ4n) is 6.17. The minimum atomic E-state index is -3.74. The first kappa shape index (κ1) is 23.7. The van der Waals surface area contributed by atoms with Gasteiger partial charge in [0.2, 0.25) is 15.9 Å². The van der Waals surface area contributed by atoms with Crippen LogP contribution in [0.1, 0.15) is 55.7 Å². The molecule has 1 aromatic rings. The number of rotatable bonds is 7. The number of hydrogen-bond acceptors (Lipinski definition) is 6. The van der Waals surface area contributed by atoms with Crippen molar-refractivity contribution >= 4 is 27.9 Å². The van der Waals surface area contributed by atoms with Gasteiger partial charge in [0.25, 0.3) is 5.91 Å². The Kier molecular flexibility index (Phi) is 5.35. The van der Waals surface area contributed by atoms with Gasteiger partial charge in [-0.2, -0.15) is 0 Å². The van der Waals surface area contributed by atoms with Crippen molar-refractivity contribution in [3.63, 3.8) is 0 Å². The normalized spacial score (nSPS) is 33.2. The van der Waals surface area contributed by atoms with Crippen LogP contribution in [0.3, 0.4) is 0 Å². The average Bonchev–Trinajstić information content (AvgIpc) is 3.72. The fraction of sp³-hybridized carbons (Fsp3) is 0.625. The number of halogens is 1. The van der Waals surface area contributed by atoms with Crippen LogP contribution in [0.5, 0.6) is 0 Å². The van der Waals surface area contributed by atoms with E-state index in [1.54, 1.807) is 12.1 Å². The van der Waals surface area contributed by atoms with Gasteiger partial charge in [0.15, 0.2) is 0 Å². The maximum absolute atomic E-state index is 14.7. The minimum absolute atomic E-state index is 0.0856. The SMILES string of the molecule is O=C(N[C@]1(C(=O)NS(=O)(=O)C2CC2)C[C@H]1C1CC1)[C@@H]1C[C@@H](C2c3c(F)cccc3CN2C(=O)O)CN1. The lowest BCUT2D eigenvalue weighted by Crippen LogP contribution is -2.55. The quantitative estimate of drug-likeness (QED) is 0.423. The highest BCUT2D eigenvalue weighted by Gasteiger charge is 2.66. The lowest BCUT2D eigenvalue weighted by atomic mass is 9.90. The summed E-state index contributed by atoms with van der Waals surface area (Å²) >= 11 is 0. The van der Waals surface area contributed by atoms with E-state index in [0.29, 0.717) is 42.9 Å². The molecule has 0 aromatic heterocycles. The van der Waals surface area contributed by atoms with Crippen molar-refractivity contribution in [1.82, 2.24) is 20.3 Å². The van der Waals surface area contributed by atoms with E-state index in [2.05, 4.69) is 15.4 Å². The van der Waals surface area contributed by atoms with Crippen LogP contribution in [-0.2, 0) is 26.2 Å². The zero-order valence-electron chi connectivity index (χ0n) is 19.6. The van der Waals surface area contributed by atoms with Crippen molar-refractivity contribution in [2.45, 2.75) is 67.9 Å². The lowest BCUT2D eigenvalue weighted by Gasteiger charge is -2.27. The van der Waals surface area contributed by atoms with Crippen molar-refractivity contribution in [1.29, 1.82) is 0 Å². The van der Waals surface area contributed by atoms with Gasteiger partial charge in [-0.25, -0.2) is 17.6 Å². The third-order valence-electron chi connectivity index (χ3n) is 8.44. The van der Waals surface area contributed by atoms with E-state index in [-0.39, 0.29) is 24.8 Å². The summed E-state index contributed by atoms with van der Waals surface area (Å²) in [6.07, 6.45) is 2.47. The topological polar surface area (TPSA) is 145 Å². The van der Waals surface area contributed by atoms with Crippen LogP contribution >= 0.6 is 0 Å². The highest BCUT2D eigenvalue weighted by Crippen LogP contribution is 2.57. The third kappa shape index (κ3) is 3.94. The molecule has 4 N–H and O–H groups in total. The van der Waals surface area contributed by atoms with Gasteiger partial charge in [0.05, 0.1) is 23.9 Å². The largest absolute Gasteiger partial charge is 0.465 e. The second kappa shape index (κ2) is 8.14. The smallest absolute Gasteiger partial charge is 0.408 e. The molecule has 194 valence electrons. The van der Waals surface area contributed by atoms with Crippen molar-refractivity contribution in [2.75, 3.05) is 6.54 Å². The molecule has 3 amide bonds. The molecule has 0 radical (unpaired) electrons. The number of sulfonamides is 1. The number of carbonyl (C=O) groups is 3. The molecule has 0 bridgehead atoms. The number of hydrogen-bond donors (Lipinski definition) is 4. The van der Waals surface area contributed by atoms with E-state index >= 15 is 0 Å². The van der Waals surface area contributed by atoms with Crippen molar-refractivity contribution in [3.8, 4) is 0 Å². The van der Waals surface area contributed by atoms with E-state index in [0.717, 1.165) is 12.8 Å². The second-order valence-corrected chi connectivity index (χ2v) is 12.9. The number of amides is 3. The molecule has 3 saturated carbocycles. The van der Waals surface area contributed by atoms with Crippen LogP contribution in [0.4, 0.5) is 9.18 Å². The summed E-state index contributed by atoms with van der Waals surface area (Å²) in [4.78, 5) is 39.5. The maximum atomic E-state index is 14.7. The Bertz CT molecular complexity index is 1250. The molecule has 4 fully saturated rings. The molecule has 5 atom stereocenters. The summed E-state index contributed by atoms with van der Waals surface area (Å²) in [5.41, 5.74) is -0.267. The molecule has 1 saturated heterocycles. The molecule has 1 aromatic carbocycles. The number of nitrogens with one attached hydrogen (secondary N) is 3. The summed E-state index contributed by atoms with van der Waals surface area (Å²) in [5.74, 6) is -1.69. The summed E-state index contributed by atoms with van der Waals surface area (Å²) in [5, 5.41) is 15.2. The first-order valence-corrected chi connectivity index (χ1v) is 14.0. The van der Waals surface area contributed by atoms with E-state index in [9.17, 15) is 32.3 Å². The number of fused-ring (bicyclic) bond motifs is 1. The van der Waals surface area contributed by atoms with Crippen LogP contribution in [0.2, 0.25) is 0 Å². The summed E-state index contributed by atoms with van der Waals surface area (Å²) in [6, 6.07) is 3.16. The zero-order valence-corrected chi connectivity index (χ0v) is 20.4. The second-order valence-electron chi connectivity index (χ2n) is 10.9. The Morgan fingerprint density at radius 2 is 1.89 bits per heavy atom. The molecule has 12 heteroatoms. The minimum Gasteiger partial charge on any atom is -0.465 e. The molecule has 0 spiro atoms. The van der Waals surface area contributed by atoms with Gasteiger partial charge in [0.1, 0.15) is 11.4 Å². The average molecular weight is 521 g/mol.